The van der Waals surface area contributed by atoms with Gasteiger partial charge in [0.1, 0.15) is 0 Å². The van der Waals surface area contributed by atoms with Crippen LogP contribution in [-0.2, 0) is 11.2 Å². The van der Waals surface area contributed by atoms with Crippen LogP contribution >= 0.6 is 0 Å². The van der Waals surface area contributed by atoms with Crippen LogP contribution in [0.4, 0.5) is 0 Å². The van der Waals surface area contributed by atoms with Gasteiger partial charge in [-0.15, -0.1) is 0 Å². The van der Waals surface area contributed by atoms with Gasteiger partial charge < -0.3 is 9.84 Å². The van der Waals surface area contributed by atoms with Crippen molar-refractivity contribution < 1.29 is 14.6 Å². The first-order valence-corrected chi connectivity index (χ1v) is 4.38. The van der Waals surface area contributed by atoms with Crippen molar-refractivity contribution in [3.8, 4) is 5.88 Å². The number of hydrogen-bond acceptors (Lipinski definition) is 4. The van der Waals surface area contributed by atoms with E-state index in [1.807, 2.05) is 6.92 Å². The van der Waals surface area contributed by atoms with Crippen LogP contribution < -0.4 is 4.74 Å². The summed E-state index contributed by atoms with van der Waals surface area (Å²) >= 11 is 0. The molecule has 0 radical (unpaired) electrons. The highest BCUT2D eigenvalue weighted by atomic mass is 16.5. The monoisotopic (exact) mass is 196 g/mol. The van der Waals surface area contributed by atoms with E-state index >= 15 is 0 Å². The van der Waals surface area contributed by atoms with Crippen molar-refractivity contribution in [3.63, 3.8) is 0 Å². The largest absolute Gasteiger partial charge is 0.481 e. The van der Waals surface area contributed by atoms with E-state index in [2.05, 4.69) is 9.97 Å². The van der Waals surface area contributed by atoms with Crippen LogP contribution in [-0.4, -0.2) is 27.7 Å². The summed E-state index contributed by atoms with van der Waals surface area (Å²) in [4.78, 5) is 18.2. The minimum Gasteiger partial charge on any atom is -0.481 e. The molecule has 0 saturated carbocycles. The molecule has 76 valence electrons. The Labute approximate surface area is 81.8 Å². The average Bonchev–Trinajstić information content (AvgIpc) is 2.14. The van der Waals surface area contributed by atoms with Crippen molar-refractivity contribution in [2.75, 3.05) is 6.61 Å². The summed E-state index contributed by atoms with van der Waals surface area (Å²) in [6.45, 7) is 2.54. The Morgan fingerprint density at radius 2 is 2.36 bits per heavy atom. The van der Waals surface area contributed by atoms with Gasteiger partial charge in [-0.25, -0.2) is 4.98 Å². The molecule has 1 N–H and O–H groups in total. The lowest BCUT2D eigenvalue weighted by atomic mass is 10.3. The summed E-state index contributed by atoms with van der Waals surface area (Å²) in [6.07, 6.45) is 3.65. The molecule has 5 nitrogen and oxygen atoms in total. The van der Waals surface area contributed by atoms with E-state index in [4.69, 9.17) is 9.84 Å². The predicted octanol–water partition coefficient (Wildman–Crippen LogP) is 0.892. The third-order valence-corrected chi connectivity index (χ3v) is 1.45. The minimum atomic E-state index is -0.924. The number of ether oxygens (including phenoxy) is 1. The summed E-state index contributed by atoms with van der Waals surface area (Å²) in [5.41, 5.74) is 0.408. The average molecular weight is 196 g/mol. The molecule has 0 aliphatic carbocycles. The zero-order chi connectivity index (χ0) is 10.4. The van der Waals surface area contributed by atoms with Gasteiger partial charge in [-0.1, -0.05) is 6.92 Å². The molecule has 0 amide bonds. The van der Waals surface area contributed by atoms with E-state index in [9.17, 15) is 4.79 Å². The minimum absolute atomic E-state index is 0.129. The van der Waals surface area contributed by atoms with Crippen molar-refractivity contribution in [1.82, 2.24) is 9.97 Å². The SMILES string of the molecule is CCCOc1cncc(CC(=O)O)n1. The first-order chi connectivity index (χ1) is 6.72. The van der Waals surface area contributed by atoms with Gasteiger partial charge in [0.2, 0.25) is 5.88 Å². The molecule has 1 rings (SSSR count). The Hall–Kier alpha value is -1.65. The van der Waals surface area contributed by atoms with Crippen LogP contribution in [0.25, 0.3) is 0 Å². The number of aromatic nitrogens is 2. The second-order valence-corrected chi connectivity index (χ2v) is 2.77. The maximum Gasteiger partial charge on any atom is 0.309 e. The Morgan fingerprint density at radius 1 is 1.57 bits per heavy atom. The van der Waals surface area contributed by atoms with Gasteiger partial charge in [-0.05, 0) is 6.42 Å². The van der Waals surface area contributed by atoms with E-state index in [0.717, 1.165) is 6.42 Å². The topological polar surface area (TPSA) is 72.3 Å². The molecule has 0 saturated heterocycles. The van der Waals surface area contributed by atoms with Crippen molar-refractivity contribution in [2.45, 2.75) is 19.8 Å². The van der Waals surface area contributed by atoms with Crippen molar-refractivity contribution in [3.05, 3.63) is 18.1 Å². The number of aliphatic carboxylic acids is 1. The molecule has 1 aromatic rings. The Kier molecular flexibility index (Phi) is 3.84. The number of hydrogen-bond donors (Lipinski definition) is 1. The molecule has 0 atom stereocenters. The van der Waals surface area contributed by atoms with Crippen LogP contribution in [0, 0.1) is 0 Å². The molecule has 0 spiro atoms. The highest BCUT2D eigenvalue weighted by molar-refractivity contribution is 5.69. The fraction of sp³-hybridized carbons (Fsp3) is 0.444. The maximum absolute atomic E-state index is 10.4. The summed E-state index contributed by atoms with van der Waals surface area (Å²) in [7, 11) is 0. The predicted molar refractivity (Wildman–Crippen MR) is 49.2 cm³/mol. The summed E-state index contributed by atoms with van der Waals surface area (Å²) in [5, 5.41) is 8.53. The molecule has 1 heterocycles. The third-order valence-electron chi connectivity index (χ3n) is 1.45. The zero-order valence-electron chi connectivity index (χ0n) is 7.93. The van der Waals surface area contributed by atoms with Gasteiger partial charge in [0.25, 0.3) is 0 Å². The van der Waals surface area contributed by atoms with Gasteiger partial charge in [0.15, 0.2) is 0 Å². The maximum atomic E-state index is 10.4. The van der Waals surface area contributed by atoms with Crippen molar-refractivity contribution >= 4 is 5.97 Å². The lowest BCUT2D eigenvalue weighted by Crippen LogP contribution is -2.05. The molecule has 0 bridgehead atoms. The number of carbonyl (C=O) groups is 1. The molecule has 0 fully saturated rings. The van der Waals surface area contributed by atoms with E-state index in [-0.39, 0.29) is 6.42 Å². The highest BCUT2D eigenvalue weighted by Gasteiger charge is 2.03. The van der Waals surface area contributed by atoms with Gasteiger partial charge in [0.05, 0.1) is 24.9 Å². The van der Waals surface area contributed by atoms with Crippen molar-refractivity contribution in [1.29, 1.82) is 0 Å². The first-order valence-electron chi connectivity index (χ1n) is 4.38. The van der Waals surface area contributed by atoms with Gasteiger partial charge >= 0.3 is 5.97 Å². The lowest BCUT2D eigenvalue weighted by molar-refractivity contribution is -0.136. The quantitative estimate of drug-likeness (QED) is 0.757. The Balaban J connectivity index is 2.63. The number of nitrogens with zero attached hydrogens (tertiary/aromatic N) is 2. The van der Waals surface area contributed by atoms with Crippen LogP contribution in [0.5, 0.6) is 5.88 Å². The fourth-order valence-corrected chi connectivity index (χ4v) is 0.903. The summed E-state index contributed by atoms with van der Waals surface area (Å²) < 4.78 is 5.21. The van der Waals surface area contributed by atoms with Crippen LogP contribution in [0.1, 0.15) is 19.0 Å². The standard InChI is InChI=1S/C9H12N2O3/c1-2-3-14-8-6-10-5-7(11-8)4-9(12)13/h5-6H,2-4H2,1H3,(H,12,13). The molecular weight excluding hydrogens is 184 g/mol. The van der Waals surface area contributed by atoms with E-state index < -0.39 is 5.97 Å². The van der Waals surface area contributed by atoms with Gasteiger partial charge in [0, 0.05) is 6.20 Å². The fourth-order valence-electron chi connectivity index (χ4n) is 0.903. The second-order valence-electron chi connectivity index (χ2n) is 2.77. The normalized spacial score (nSPS) is 9.79. The molecule has 0 unspecified atom stereocenters. The second kappa shape index (κ2) is 5.16. The molecule has 14 heavy (non-hydrogen) atoms. The van der Waals surface area contributed by atoms with Crippen LogP contribution in [0.2, 0.25) is 0 Å². The molecular formula is C9H12N2O3. The van der Waals surface area contributed by atoms with E-state index in [1.54, 1.807) is 0 Å². The zero-order valence-corrected chi connectivity index (χ0v) is 7.93. The lowest BCUT2D eigenvalue weighted by Gasteiger charge is -2.03. The number of carboxylic acid groups (broad SMARTS) is 1. The van der Waals surface area contributed by atoms with Gasteiger partial charge in [-0.2, -0.15) is 0 Å². The third kappa shape index (κ3) is 3.38. The summed E-state index contributed by atoms with van der Waals surface area (Å²) in [6, 6.07) is 0. The van der Waals surface area contributed by atoms with E-state index in [0.29, 0.717) is 18.2 Å². The van der Waals surface area contributed by atoms with Gasteiger partial charge in [-0.3, -0.25) is 9.78 Å². The molecule has 0 aliphatic heterocycles. The Morgan fingerprint density at radius 3 is 3.00 bits per heavy atom. The Bertz CT molecular complexity index is 315. The van der Waals surface area contributed by atoms with Crippen molar-refractivity contribution in [2.24, 2.45) is 0 Å². The number of rotatable bonds is 5. The number of carboxylic acids is 1. The first kappa shape index (κ1) is 10.4. The summed E-state index contributed by atoms with van der Waals surface area (Å²) in [5.74, 6) is -0.544. The molecule has 1 aromatic heterocycles. The van der Waals surface area contributed by atoms with Crippen LogP contribution in [0.3, 0.4) is 0 Å². The van der Waals surface area contributed by atoms with Crippen LogP contribution in [0.15, 0.2) is 12.4 Å². The molecule has 0 aromatic carbocycles. The highest BCUT2D eigenvalue weighted by Crippen LogP contribution is 2.05. The smallest absolute Gasteiger partial charge is 0.309 e. The van der Waals surface area contributed by atoms with E-state index in [1.165, 1.54) is 12.4 Å². The molecule has 5 heteroatoms. The molecule has 0 aliphatic rings.